The summed E-state index contributed by atoms with van der Waals surface area (Å²) in [6, 6.07) is 15.3. The maximum atomic E-state index is 5.92. The highest BCUT2D eigenvalue weighted by atomic mass is 16.5. The molecule has 1 aromatic heterocycles. The number of anilines is 1. The molecule has 2 aromatic carbocycles. The van der Waals surface area contributed by atoms with E-state index in [1.165, 1.54) is 0 Å². The fourth-order valence-corrected chi connectivity index (χ4v) is 1.89. The van der Waals surface area contributed by atoms with Crippen molar-refractivity contribution in [2.24, 2.45) is 0 Å². The number of aromatic nitrogens is 1. The normalized spacial score (nSPS) is 10.4. The predicted octanol–water partition coefficient (Wildman–Crippen LogP) is 3.61. The molecule has 0 aliphatic heterocycles. The SMILES string of the molecule is Nc1ccc(Oc2ccccc2)c2ccncc12. The van der Waals surface area contributed by atoms with Crippen LogP contribution in [0.15, 0.2) is 60.9 Å². The molecule has 0 saturated carbocycles. The third-order valence-electron chi connectivity index (χ3n) is 2.78. The minimum Gasteiger partial charge on any atom is -0.457 e. The van der Waals surface area contributed by atoms with Gasteiger partial charge in [-0.05, 0) is 30.3 Å². The van der Waals surface area contributed by atoms with E-state index in [2.05, 4.69) is 4.98 Å². The number of nitrogens with zero attached hydrogens (tertiary/aromatic N) is 1. The summed E-state index contributed by atoms with van der Waals surface area (Å²) in [4.78, 5) is 4.09. The van der Waals surface area contributed by atoms with Crippen molar-refractivity contribution in [2.45, 2.75) is 0 Å². The van der Waals surface area contributed by atoms with E-state index in [0.717, 1.165) is 22.3 Å². The van der Waals surface area contributed by atoms with Gasteiger partial charge in [0, 0.05) is 28.9 Å². The van der Waals surface area contributed by atoms with Crippen LogP contribution < -0.4 is 10.5 Å². The van der Waals surface area contributed by atoms with Crippen LogP contribution >= 0.6 is 0 Å². The minimum absolute atomic E-state index is 0.707. The highest BCUT2D eigenvalue weighted by Crippen LogP contribution is 2.32. The van der Waals surface area contributed by atoms with E-state index in [0.29, 0.717) is 5.69 Å². The van der Waals surface area contributed by atoms with Gasteiger partial charge in [0.05, 0.1) is 0 Å². The summed E-state index contributed by atoms with van der Waals surface area (Å²) in [5.74, 6) is 1.59. The van der Waals surface area contributed by atoms with E-state index in [1.54, 1.807) is 12.4 Å². The molecule has 88 valence electrons. The molecule has 3 heteroatoms. The Morgan fingerprint density at radius 3 is 2.56 bits per heavy atom. The van der Waals surface area contributed by atoms with E-state index < -0.39 is 0 Å². The second-order valence-electron chi connectivity index (χ2n) is 3.99. The van der Waals surface area contributed by atoms with E-state index >= 15 is 0 Å². The van der Waals surface area contributed by atoms with E-state index in [9.17, 15) is 0 Å². The Labute approximate surface area is 105 Å². The molecule has 3 nitrogen and oxygen atoms in total. The lowest BCUT2D eigenvalue weighted by molar-refractivity contribution is 0.488. The maximum absolute atomic E-state index is 5.92. The standard InChI is InChI=1S/C15H12N2O/c16-14-6-7-15(12-8-9-17-10-13(12)14)18-11-4-2-1-3-5-11/h1-10H,16H2. The fourth-order valence-electron chi connectivity index (χ4n) is 1.89. The number of pyridine rings is 1. The average Bonchev–Trinajstić information content (AvgIpc) is 2.44. The molecule has 18 heavy (non-hydrogen) atoms. The molecular weight excluding hydrogens is 224 g/mol. The molecule has 3 aromatic rings. The van der Waals surface area contributed by atoms with Crippen LogP contribution in [0.1, 0.15) is 0 Å². The van der Waals surface area contributed by atoms with Crippen LogP contribution in [0.25, 0.3) is 10.8 Å². The van der Waals surface area contributed by atoms with Gasteiger partial charge in [-0.15, -0.1) is 0 Å². The van der Waals surface area contributed by atoms with Crippen molar-refractivity contribution in [1.82, 2.24) is 4.98 Å². The van der Waals surface area contributed by atoms with Gasteiger partial charge >= 0.3 is 0 Å². The van der Waals surface area contributed by atoms with Gasteiger partial charge in [0.2, 0.25) is 0 Å². The van der Waals surface area contributed by atoms with Crippen LogP contribution in [0.5, 0.6) is 11.5 Å². The number of nitrogens with two attached hydrogens (primary N) is 1. The lowest BCUT2D eigenvalue weighted by atomic mass is 10.1. The van der Waals surface area contributed by atoms with Gasteiger partial charge in [0.1, 0.15) is 11.5 Å². The topological polar surface area (TPSA) is 48.1 Å². The van der Waals surface area contributed by atoms with Crippen molar-refractivity contribution < 1.29 is 4.74 Å². The first-order chi connectivity index (χ1) is 8.84. The number of ether oxygens (including phenoxy) is 1. The van der Waals surface area contributed by atoms with Crippen LogP contribution in [0.3, 0.4) is 0 Å². The van der Waals surface area contributed by atoms with Crippen molar-refractivity contribution in [2.75, 3.05) is 5.73 Å². The summed E-state index contributed by atoms with van der Waals surface area (Å²) >= 11 is 0. The number of hydrogen-bond acceptors (Lipinski definition) is 3. The fraction of sp³-hybridized carbons (Fsp3) is 0. The molecule has 0 atom stereocenters. The van der Waals surface area contributed by atoms with Crippen molar-refractivity contribution in [3.63, 3.8) is 0 Å². The minimum atomic E-state index is 0.707. The number of hydrogen-bond donors (Lipinski definition) is 1. The molecule has 0 radical (unpaired) electrons. The van der Waals surface area contributed by atoms with Crippen LogP contribution in [0.4, 0.5) is 5.69 Å². The second kappa shape index (κ2) is 4.37. The Morgan fingerprint density at radius 2 is 1.72 bits per heavy atom. The predicted molar refractivity (Wildman–Crippen MR) is 72.7 cm³/mol. The number of benzene rings is 2. The van der Waals surface area contributed by atoms with Gasteiger partial charge < -0.3 is 10.5 Å². The van der Waals surface area contributed by atoms with Gasteiger partial charge in [0.25, 0.3) is 0 Å². The quantitative estimate of drug-likeness (QED) is 0.691. The van der Waals surface area contributed by atoms with Gasteiger partial charge in [-0.1, -0.05) is 18.2 Å². The first-order valence-corrected chi connectivity index (χ1v) is 5.70. The Bertz CT molecular complexity index is 680. The molecule has 0 unspecified atom stereocenters. The van der Waals surface area contributed by atoms with E-state index in [-0.39, 0.29) is 0 Å². The third kappa shape index (κ3) is 1.86. The van der Waals surface area contributed by atoms with Gasteiger partial charge in [-0.2, -0.15) is 0 Å². The van der Waals surface area contributed by atoms with Crippen LogP contribution in [0, 0.1) is 0 Å². The molecule has 2 N–H and O–H groups in total. The van der Waals surface area contributed by atoms with Crippen LogP contribution in [-0.4, -0.2) is 4.98 Å². The Morgan fingerprint density at radius 1 is 0.889 bits per heavy atom. The highest BCUT2D eigenvalue weighted by Gasteiger charge is 2.05. The van der Waals surface area contributed by atoms with Crippen molar-refractivity contribution in [3.05, 3.63) is 60.9 Å². The van der Waals surface area contributed by atoms with E-state index in [4.69, 9.17) is 10.5 Å². The van der Waals surface area contributed by atoms with Gasteiger partial charge in [0.15, 0.2) is 0 Å². The summed E-state index contributed by atoms with van der Waals surface area (Å²) in [6.07, 6.45) is 3.49. The first kappa shape index (κ1) is 10.6. The lowest BCUT2D eigenvalue weighted by Gasteiger charge is -2.09. The summed E-state index contributed by atoms with van der Waals surface area (Å²) in [6.45, 7) is 0. The van der Waals surface area contributed by atoms with Crippen LogP contribution in [-0.2, 0) is 0 Å². The summed E-state index contributed by atoms with van der Waals surface area (Å²) in [5, 5.41) is 1.87. The van der Waals surface area contributed by atoms with Crippen molar-refractivity contribution in [1.29, 1.82) is 0 Å². The maximum Gasteiger partial charge on any atom is 0.135 e. The molecule has 0 bridgehead atoms. The number of para-hydroxylation sites is 1. The molecular formula is C15H12N2O. The number of rotatable bonds is 2. The molecule has 0 aliphatic rings. The smallest absolute Gasteiger partial charge is 0.135 e. The molecule has 3 rings (SSSR count). The number of nitrogen functional groups attached to an aromatic ring is 1. The molecule has 0 amide bonds. The molecule has 0 spiro atoms. The second-order valence-corrected chi connectivity index (χ2v) is 3.99. The monoisotopic (exact) mass is 236 g/mol. The molecule has 0 aliphatic carbocycles. The summed E-state index contributed by atoms with van der Waals surface area (Å²) in [5.41, 5.74) is 6.63. The number of fused-ring (bicyclic) bond motifs is 1. The van der Waals surface area contributed by atoms with E-state index in [1.807, 2.05) is 48.5 Å². The Kier molecular flexibility index (Phi) is 2.57. The summed E-state index contributed by atoms with van der Waals surface area (Å²) in [7, 11) is 0. The van der Waals surface area contributed by atoms with Gasteiger partial charge in [-0.25, -0.2) is 0 Å². The Balaban J connectivity index is 2.10. The zero-order valence-corrected chi connectivity index (χ0v) is 9.71. The zero-order valence-electron chi connectivity index (χ0n) is 9.71. The third-order valence-corrected chi connectivity index (χ3v) is 2.78. The average molecular weight is 236 g/mol. The molecule has 0 saturated heterocycles. The first-order valence-electron chi connectivity index (χ1n) is 5.70. The molecule has 0 fully saturated rings. The molecule has 1 heterocycles. The lowest BCUT2D eigenvalue weighted by Crippen LogP contribution is -1.91. The zero-order chi connectivity index (χ0) is 12.4. The van der Waals surface area contributed by atoms with Crippen molar-refractivity contribution >= 4 is 16.5 Å². The largest absolute Gasteiger partial charge is 0.457 e. The Hall–Kier alpha value is -2.55. The van der Waals surface area contributed by atoms with Crippen LogP contribution in [0.2, 0.25) is 0 Å². The highest BCUT2D eigenvalue weighted by molar-refractivity contribution is 5.96. The van der Waals surface area contributed by atoms with Crippen molar-refractivity contribution in [3.8, 4) is 11.5 Å². The van der Waals surface area contributed by atoms with Gasteiger partial charge in [-0.3, -0.25) is 4.98 Å². The summed E-state index contributed by atoms with van der Waals surface area (Å²) < 4.78 is 5.86.